The molecule has 3 aliphatic heterocycles. The van der Waals surface area contributed by atoms with Crippen LogP contribution in [0.15, 0.2) is 274 Å². The first-order valence-corrected chi connectivity index (χ1v) is 39.2. The molecule has 5 aromatic heterocycles. The summed E-state index contributed by atoms with van der Waals surface area (Å²) < 4.78 is 318. The largest absolute Gasteiger partial charge is 1.00 e. The van der Waals surface area contributed by atoms with E-state index in [2.05, 4.69) is 56.3 Å². The molecule has 0 radical (unpaired) electrons. The predicted octanol–water partition coefficient (Wildman–Crippen LogP) is 13.2. The molecule has 0 bridgehead atoms. The molecule has 3 aliphatic rings. The van der Waals surface area contributed by atoms with Crippen molar-refractivity contribution in [3.63, 3.8) is 0 Å². The van der Waals surface area contributed by atoms with Crippen molar-refractivity contribution in [2.75, 3.05) is 45.0 Å². The van der Waals surface area contributed by atoms with Gasteiger partial charge < -0.3 is 50.2 Å². The number of rotatable bonds is 29. The molecule has 45 heteroatoms. The molecule has 0 aliphatic carbocycles. The van der Waals surface area contributed by atoms with Crippen LogP contribution in [0.5, 0.6) is 23.0 Å². The molecule has 2 N–H and O–H groups in total. The Labute approximate surface area is 870 Å². The van der Waals surface area contributed by atoms with Gasteiger partial charge in [-0.15, -0.1) is 5.10 Å². The quantitative estimate of drug-likeness (QED) is 0.00644. The Morgan fingerprint density at radius 2 is 0.801 bits per heavy atom. The third-order valence-electron chi connectivity index (χ3n) is 19.8. The zero-order chi connectivity index (χ0) is 95.7. The maximum absolute atomic E-state index is 15.7. The van der Waals surface area contributed by atoms with Gasteiger partial charge in [0, 0.05) is 91.3 Å². The van der Waals surface area contributed by atoms with Crippen molar-refractivity contribution in [1.29, 1.82) is 0 Å². The summed E-state index contributed by atoms with van der Waals surface area (Å²) in [7, 11) is 0. The number of hydrogen-bond acceptors (Lipinski definition) is 20. The van der Waals surface area contributed by atoms with Crippen LogP contribution in [0.2, 0.25) is 0 Å². The van der Waals surface area contributed by atoms with Gasteiger partial charge in [-0.1, -0.05) is 145 Å². The maximum atomic E-state index is 15.7. The molecular formula is C91H71BrF20K2N8O13W. The molecule has 0 saturated carbocycles. The van der Waals surface area contributed by atoms with Crippen molar-refractivity contribution in [1.82, 2.24) is 40.1 Å². The fraction of sp³-hybridized carbons (Fsp3) is 0.209. The fourth-order valence-electron chi connectivity index (χ4n) is 12.6. The van der Waals surface area contributed by atoms with Crippen LogP contribution in [-0.2, 0) is 109 Å². The minimum atomic E-state index is -4.29. The maximum Gasteiger partial charge on any atom is 1.00 e. The van der Waals surface area contributed by atoms with E-state index in [1.807, 2.05) is 30.3 Å². The van der Waals surface area contributed by atoms with Gasteiger partial charge in [0.2, 0.25) is 0 Å². The topological polar surface area (TPSA) is 284 Å². The number of Topliss-reactive ketones (excluding diaryl/α,β-unsaturated/α-hetero) is 2. The molecule has 3 saturated heterocycles. The zero-order valence-corrected chi connectivity index (χ0v) is 80.3. The van der Waals surface area contributed by atoms with Gasteiger partial charge in [0.05, 0.1) is 56.5 Å². The van der Waals surface area contributed by atoms with Gasteiger partial charge in [0.1, 0.15) is 98.6 Å². The number of aromatic nitrogens is 8. The van der Waals surface area contributed by atoms with Crippen LogP contribution >= 0.6 is 15.9 Å². The van der Waals surface area contributed by atoms with Crippen LogP contribution in [0.4, 0.5) is 87.8 Å². The first-order valence-electron chi connectivity index (χ1n) is 38.1. The normalized spacial score (nSPS) is 16.1. The van der Waals surface area contributed by atoms with E-state index in [1.54, 1.807) is 42.5 Å². The number of ketones is 2. The zero-order valence-electron chi connectivity index (χ0n) is 70.5. The Hall–Kier alpha value is -9.72. The van der Waals surface area contributed by atoms with Crippen molar-refractivity contribution in [2.24, 2.45) is 0 Å². The van der Waals surface area contributed by atoms with Crippen molar-refractivity contribution in [3.8, 4) is 23.0 Å². The van der Waals surface area contributed by atoms with Gasteiger partial charge >= 0.3 is 138 Å². The number of carbonyl (C=O) groups excluding carboxylic acids is 3. The molecule has 8 aromatic carbocycles. The first-order chi connectivity index (χ1) is 62.6. The first kappa shape index (κ1) is 113. The number of ether oxygens (including phenoxy) is 6. The third-order valence-corrected chi connectivity index (χ3v) is 20.3. The standard InChI is InChI=1S/C23H17F6N5O2.C22H15F6NO2.C22H15F4NO3.C14H9F4NO2.C8H7BrO.CH2O3.CH4.2K.W.H2.H/c24-16-6-8-18(19(25)10-16)21(35,12-34-14-31-32-33-34)23(28,29)20-9-7-17(11-30-20)36-13-22(26,27)15-4-2-1-3-5-15;23-15-6-8-17(18(24)10-15)20(12-31-20)22(27,28)19-9-7-16(11-29-19)30-13-21(25,26)14-4-2-1-3-5-14;23-15-6-8-17(18(24)10-15)21(13-30-21)22(25,26)20-9-7-16(11-27-20)29-12-19(28)14-4-2-1-3-5-14;15-8-1-3-10(11(16)5-8)13(7-21-13)14(17,18)12-4-2-9(20)6-19-12;9-6-8(10)7-4-2-1-3-5-7;2-1-4-3;;;;;;/h1-11,14,35H,12-13H2;1-11H,12-13H2;1-11H,12-13H2;1-6,20H,7H2;1-5H,6H2;1,3H;1H4;;;;1H;/q;;;;;;;2*+1;;;-1/p-1/i;;;;;;;;;;1+1;. The Kier molecular flexibility index (Phi) is 40.6. The number of tetrazole rings is 1. The second-order valence-electron chi connectivity index (χ2n) is 28.5. The van der Waals surface area contributed by atoms with Gasteiger partial charge in [-0.05, 0) is 107 Å². The molecule has 16 rings (SSSR count). The smallest absolute Gasteiger partial charge is 1.00 e. The summed E-state index contributed by atoms with van der Waals surface area (Å²) in [5.41, 5.74) is -14.8. The molecule has 13 aromatic rings. The second-order valence-corrected chi connectivity index (χ2v) is 29.0. The summed E-state index contributed by atoms with van der Waals surface area (Å²) in [5, 5.41) is 39.0. The number of epoxide rings is 3. The molecule has 4 atom stereocenters. The number of carbonyl (C=O) groups is 3. The average molecular weight is 2210 g/mol. The van der Waals surface area contributed by atoms with E-state index in [9.17, 15) is 76.2 Å². The van der Waals surface area contributed by atoms with Crippen LogP contribution in [0.3, 0.4) is 0 Å². The van der Waals surface area contributed by atoms with E-state index in [0.29, 0.717) is 47.3 Å². The number of nitrogens with zero attached hydrogens (tertiary/aromatic N) is 8. The fourth-order valence-corrected chi connectivity index (χ4v) is 13.0. The van der Waals surface area contributed by atoms with Crippen LogP contribution in [0, 0.1) is 46.5 Å². The minimum Gasteiger partial charge on any atom is -1.00 e. The number of pyridine rings is 4. The van der Waals surface area contributed by atoms with E-state index >= 15 is 26.3 Å². The Bertz CT molecular complexity index is 6080. The number of hydrogen-bond donors (Lipinski definition) is 2. The van der Waals surface area contributed by atoms with Crippen molar-refractivity contribution in [3.05, 3.63) is 388 Å². The summed E-state index contributed by atoms with van der Waals surface area (Å²) in [6.45, 7) is -4.93. The van der Waals surface area contributed by atoms with Gasteiger partial charge in [0.15, 0.2) is 53.8 Å². The molecule has 8 heterocycles. The van der Waals surface area contributed by atoms with Crippen LogP contribution in [-0.4, -0.2) is 113 Å². The van der Waals surface area contributed by atoms with E-state index in [4.69, 9.17) is 43.6 Å². The summed E-state index contributed by atoms with van der Waals surface area (Å²) in [6, 6.07) is 48.1. The van der Waals surface area contributed by atoms with Crippen LogP contribution in [0.25, 0.3) is 0 Å². The monoisotopic (exact) mass is 2210 g/mol. The van der Waals surface area contributed by atoms with Crippen molar-refractivity contribution in [2.45, 2.75) is 71.9 Å². The van der Waals surface area contributed by atoms with E-state index < -0.39 is 189 Å². The molecule has 3 fully saturated rings. The molecule has 136 heavy (non-hydrogen) atoms. The average Bonchev–Trinajstić information content (AvgIpc) is 1.45. The second kappa shape index (κ2) is 48.7. The van der Waals surface area contributed by atoms with Gasteiger partial charge in [0.25, 0.3) is 6.47 Å². The third kappa shape index (κ3) is 26.8. The van der Waals surface area contributed by atoms with Gasteiger partial charge in [-0.25, -0.2) is 39.8 Å². The van der Waals surface area contributed by atoms with E-state index in [1.165, 1.54) is 54.6 Å². The Balaban J connectivity index is 0.000000308. The minimum absolute atomic E-state index is 0. The number of halogens is 21. The molecule has 4 unspecified atom stereocenters. The summed E-state index contributed by atoms with van der Waals surface area (Å²) in [6.07, 6.45) is 4.48. The van der Waals surface area contributed by atoms with Crippen molar-refractivity contribution < 1.29 is 278 Å². The van der Waals surface area contributed by atoms with Crippen molar-refractivity contribution >= 4 is 34.0 Å². The predicted molar refractivity (Wildman–Crippen MR) is 434 cm³/mol. The number of aromatic hydroxyl groups is 1. The van der Waals surface area contributed by atoms with E-state index in [-0.39, 0.29) is 193 Å². The number of aliphatic hydroxyl groups is 1. The molecular weight excluding hydrogens is 2130 g/mol. The molecule has 708 valence electrons. The Morgan fingerprint density at radius 1 is 0.471 bits per heavy atom. The summed E-state index contributed by atoms with van der Waals surface area (Å²) in [4.78, 5) is 48.6. The van der Waals surface area contributed by atoms with Crippen LogP contribution in [0.1, 0.15) is 87.2 Å². The number of alkyl halides is 13. The Morgan fingerprint density at radius 3 is 1.11 bits per heavy atom. The van der Waals surface area contributed by atoms with E-state index in [0.717, 1.165) is 120 Å². The number of benzene rings is 8. The summed E-state index contributed by atoms with van der Waals surface area (Å²) >= 11 is 3.10. The van der Waals surface area contributed by atoms with Gasteiger partial charge in [-0.2, -0.15) is 52.7 Å². The molecule has 0 spiro atoms. The SMILES string of the molecule is C.Fc1ccc(C2(C(F)(F)c3ccc(OCC(F)(F)c4ccccc4)cn3)CO2)c(F)c1.O=C(CBr)c1ccccc1.O=C(COc1ccc(C(F)(F)C2(c3ccc(F)cc3F)CO2)nc1)c1ccccc1.O=CO[O-].OC(Cn1cnnn1)(c1ccc(F)cc1F)C(F)(F)c1ccc(OCC(F)(F)c2ccccc2)cn1.Oc1ccc(C(F)(F)C2(c3ccc(F)cc3F)CO2)nc1.[2HH].[H-].[K+].[K+].[W]. The molecule has 21 nitrogen and oxygen atoms in total. The molecule has 0 amide bonds. The summed E-state index contributed by atoms with van der Waals surface area (Å²) in [5.74, 6) is -31.2. The van der Waals surface area contributed by atoms with Gasteiger partial charge in [-0.3, -0.25) is 34.3 Å². The van der Waals surface area contributed by atoms with Crippen LogP contribution < -0.4 is 122 Å².